The van der Waals surface area contributed by atoms with Crippen LogP contribution >= 0.6 is 0 Å². The predicted molar refractivity (Wildman–Crippen MR) is 89.7 cm³/mol. The number of benzene rings is 1. The van der Waals surface area contributed by atoms with Crippen molar-refractivity contribution >= 4 is 11.7 Å². The second-order valence-corrected chi connectivity index (χ2v) is 6.59. The van der Waals surface area contributed by atoms with Crippen molar-refractivity contribution in [3.63, 3.8) is 0 Å². The van der Waals surface area contributed by atoms with Crippen LogP contribution in [0.25, 0.3) is 11.3 Å². The summed E-state index contributed by atoms with van der Waals surface area (Å²) in [6, 6.07) is 8.79. The predicted octanol–water partition coefficient (Wildman–Crippen LogP) is 1.99. The van der Waals surface area contributed by atoms with Gasteiger partial charge in [0.15, 0.2) is 5.78 Å². The largest absolute Gasteiger partial charge is 0.383 e. The average Bonchev–Trinajstić information content (AvgIpc) is 2.88. The minimum atomic E-state index is -1.39. The summed E-state index contributed by atoms with van der Waals surface area (Å²) < 4.78 is 5.90. The zero-order valence-corrected chi connectivity index (χ0v) is 14.2. The number of ether oxygens (including phenoxy) is 1. The molecule has 1 aliphatic heterocycles. The molecule has 0 saturated carbocycles. The van der Waals surface area contributed by atoms with E-state index in [2.05, 4.69) is 10.3 Å². The van der Waals surface area contributed by atoms with Crippen molar-refractivity contribution in [1.82, 2.24) is 10.3 Å². The summed E-state index contributed by atoms with van der Waals surface area (Å²) in [6.45, 7) is 4.98. The number of fused-ring (bicyclic) bond motifs is 4. The lowest BCUT2D eigenvalue weighted by Crippen LogP contribution is -2.47. The van der Waals surface area contributed by atoms with E-state index in [0.29, 0.717) is 22.4 Å². The molecule has 1 aromatic heterocycles. The van der Waals surface area contributed by atoms with Gasteiger partial charge in [-0.25, -0.2) is 0 Å². The minimum absolute atomic E-state index is 0.100. The number of nitrogens with zero attached hydrogens (tertiary/aromatic N) is 1. The van der Waals surface area contributed by atoms with Gasteiger partial charge in [-0.3, -0.25) is 14.6 Å². The Morgan fingerprint density at radius 2 is 2.08 bits per heavy atom. The molecule has 1 amide bonds. The number of aliphatic hydroxyl groups excluding tert-OH is 1. The Balaban J connectivity index is 2.01. The van der Waals surface area contributed by atoms with E-state index in [9.17, 15) is 14.7 Å². The number of ketones is 1. The van der Waals surface area contributed by atoms with Gasteiger partial charge in [-0.1, -0.05) is 18.2 Å². The van der Waals surface area contributed by atoms with E-state index in [1.807, 2.05) is 19.1 Å². The molecular formula is C19H18N2O4. The van der Waals surface area contributed by atoms with Crippen LogP contribution < -0.4 is 5.32 Å². The Morgan fingerprint density at radius 3 is 2.72 bits per heavy atom. The molecule has 0 radical (unpaired) electrons. The number of carbonyl (C=O) groups is 2. The molecule has 1 aromatic carbocycles. The molecular weight excluding hydrogens is 320 g/mol. The van der Waals surface area contributed by atoms with E-state index >= 15 is 0 Å². The van der Waals surface area contributed by atoms with Gasteiger partial charge < -0.3 is 15.2 Å². The van der Waals surface area contributed by atoms with Gasteiger partial charge in [0.2, 0.25) is 5.72 Å². The van der Waals surface area contributed by atoms with Crippen molar-refractivity contribution < 1.29 is 19.4 Å². The number of hydrogen-bond acceptors (Lipinski definition) is 5. The Bertz CT molecular complexity index is 924. The SMILES string of the molecule is CC(=O)c1ccc2c(c1)C(O)C1(NC(=O)C(C)O1)c1ccc(C)nc1-2. The van der Waals surface area contributed by atoms with Crippen LogP contribution in [-0.4, -0.2) is 27.9 Å². The molecule has 4 rings (SSSR count). The first-order chi connectivity index (χ1) is 11.8. The third kappa shape index (κ3) is 2.14. The van der Waals surface area contributed by atoms with E-state index in [1.165, 1.54) is 6.92 Å². The number of rotatable bonds is 1. The van der Waals surface area contributed by atoms with Crippen molar-refractivity contribution in [2.24, 2.45) is 0 Å². The zero-order chi connectivity index (χ0) is 17.9. The molecule has 2 N–H and O–H groups in total. The first-order valence-electron chi connectivity index (χ1n) is 8.15. The van der Waals surface area contributed by atoms with Crippen molar-refractivity contribution in [3.05, 3.63) is 52.7 Å². The fourth-order valence-electron chi connectivity index (χ4n) is 3.56. The Morgan fingerprint density at radius 1 is 1.32 bits per heavy atom. The number of amides is 1. The quantitative estimate of drug-likeness (QED) is 0.777. The van der Waals surface area contributed by atoms with Gasteiger partial charge in [-0.15, -0.1) is 0 Å². The molecule has 1 spiro atoms. The second-order valence-electron chi connectivity index (χ2n) is 6.59. The Hall–Kier alpha value is -2.57. The summed E-state index contributed by atoms with van der Waals surface area (Å²) in [4.78, 5) is 28.5. The van der Waals surface area contributed by atoms with E-state index in [4.69, 9.17) is 4.74 Å². The lowest BCUT2D eigenvalue weighted by molar-refractivity contribution is -0.134. The zero-order valence-electron chi connectivity index (χ0n) is 14.2. The number of aliphatic hydroxyl groups is 1. The number of aryl methyl sites for hydroxylation is 1. The van der Waals surface area contributed by atoms with Crippen molar-refractivity contribution in [2.75, 3.05) is 0 Å². The lowest BCUT2D eigenvalue weighted by atomic mass is 9.79. The topological polar surface area (TPSA) is 88.5 Å². The van der Waals surface area contributed by atoms with Crippen LogP contribution in [0.2, 0.25) is 0 Å². The summed E-state index contributed by atoms with van der Waals surface area (Å²) in [5, 5.41) is 13.9. The van der Waals surface area contributed by atoms with Crippen molar-refractivity contribution in [3.8, 4) is 11.3 Å². The number of hydrogen-bond donors (Lipinski definition) is 2. The van der Waals surface area contributed by atoms with Crippen molar-refractivity contribution in [2.45, 2.75) is 38.7 Å². The van der Waals surface area contributed by atoms with Gasteiger partial charge in [0.25, 0.3) is 5.91 Å². The lowest BCUT2D eigenvalue weighted by Gasteiger charge is -2.39. The maximum Gasteiger partial charge on any atom is 0.251 e. The minimum Gasteiger partial charge on any atom is -0.383 e. The first kappa shape index (κ1) is 15.9. The van der Waals surface area contributed by atoms with E-state index in [0.717, 1.165) is 11.3 Å². The molecule has 128 valence electrons. The van der Waals surface area contributed by atoms with Gasteiger partial charge >= 0.3 is 0 Å². The summed E-state index contributed by atoms with van der Waals surface area (Å²) in [7, 11) is 0. The molecule has 2 heterocycles. The third-order valence-electron chi connectivity index (χ3n) is 4.87. The summed E-state index contributed by atoms with van der Waals surface area (Å²) >= 11 is 0. The van der Waals surface area contributed by atoms with E-state index in [1.54, 1.807) is 25.1 Å². The van der Waals surface area contributed by atoms with Gasteiger partial charge in [-0.2, -0.15) is 0 Å². The van der Waals surface area contributed by atoms with Crippen LogP contribution in [0.15, 0.2) is 30.3 Å². The molecule has 25 heavy (non-hydrogen) atoms. The van der Waals surface area contributed by atoms with Gasteiger partial charge in [0.1, 0.15) is 12.2 Å². The molecule has 2 aliphatic rings. The summed E-state index contributed by atoms with van der Waals surface area (Å²) in [5.74, 6) is -0.395. The number of carbonyl (C=O) groups excluding carboxylic acids is 2. The monoisotopic (exact) mass is 338 g/mol. The number of pyridine rings is 1. The second kappa shape index (κ2) is 5.21. The van der Waals surface area contributed by atoms with Gasteiger partial charge in [0.05, 0.1) is 5.69 Å². The van der Waals surface area contributed by atoms with Crippen LogP contribution in [0.5, 0.6) is 0 Å². The highest BCUT2D eigenvalue weighted by Gasteiger charge is 2.55. The Labute approximate surface area is 144 Å². The summed E-state index contributed by atoms with van der Waals surface area (Å²) in [6.07, 6.45) is -1.84. The van der Waals surface area contributed by atoms with Crippen LogP contribution in [0.3, 0.4) is 0 Å². The number of aromatic nitrogens is 1. The highest BCUT2D eigenvalue weighted by Crippen LogP contribution is 2.50. The van der Waals surface area contributed by atoms with Crippen LogP contribution in [0, 0.1) is 6.92 Å². The standard InChI is InChI=1S/C19H18N2O4/c1-9-4-7-15-16(20-9)13-6-5-12(10(2)22)8-14(13)17(23)19(15)21-18(24)11(3)25-19/h4-8,11,17,23H,1-3H3,(H,21,24). The maximum absolute atomic E-state index is 12.1. The molecule has 6 nitrogen and oxygen atoms in total. The molecule has 6 heteroatoms. The van der Waals surface area contributed by atoms with Gasteiger partial charge in [0, 0.05) is 22.4 Å². The smallest absolute Gasteiger partial charge is 0.251 e. The fraction of sp³-hybridized carbons (Fsp3) is 0.316. The highest BCUT2D eigenvalue weighted by molar-refractivity contribution is 5.95. The molecule has 1 aliphatic carbocycles. The van der Waals surface area contributed by atoms with E-state index < -0.39 is 17.9 Å². The number of nitrogens with one attached hydrogen (secondary N) is 1. The normalized spacial score (nSPS) is 27.0. The van der Waals surface area contributed by atoms with Gasteiger partial charge in [-0.05, 0) is 38.5 Å². The molecule has 2 aromatic rings. The van der Waals surface area contributed by atoms with Crippen LogP contribution in [0.4, 0.5) is 0 Å². The molecule has 3 unspecified atom stereocenters. The van der Waals surface area contributed by atoms with Crippen molar-refractivity contribution in [1.29, 1.82) is 0 Å². The molecule has 3 atom stereocenters. The fourth-order valence-corrected chi connectivity index (χ4v) is 3.56. The molecule has 1 fully saturated rings. The average molecular weight is 338 g/mol. The van der Waals surface area contributed by atoms with Crippen LogP contribution in [-0.2, 0) is 15.3 Å². The molecule has 1 saturated heterocycles. The highest BCUT2D eigenvalue weighted by atomic mass is 16.6. The number of Topliss-reactive ketones (excluding diaryl/α,β-unsaturated/α-hetero) is 1. The Kier molecular flexibility index (Phi) is 3.32. The van der Waals surface area contributed by atoms with E-state index in [-0.39, 0.29) is 11.7 Å². The third-order valence-corrected chi connectivity index (χ3v) is 4.87. The molecule has 0 bridgehead atoms. The first-order valence-corrected chi connectivity index (χ1v) is 8.15. The maximum atomic E-state index is 12.1. The van der Waals surface area contributed by atoms with Crippen LogP contribution in [0.1, 0.15) is 47.1 Å². The summed E-state index contributed by atoms with van der Waals surface area (Å²) in [5.41, 5.74) is 2.42.